The molecular formula is C14H18FN3S. The normalized spacial score (nSPS) is 12.9. The van der Waals surface area contributed by atoms with Crippen LogP contribution in [0.25, 0.3) is 0 Å². The van der Waals surface area contributed by atoms with E-state index in [1.165, 1.54) is 23.7 Å². The van der Waals surface area contributed by atoms with Gasteiger partial charge in [-0.05, 0) is 41.6 Å². The Labute approximate surface area is 116 Å². The second-order valence-corrected chi connectivity index (χ2v) is 5.87. The average Bonchev–Trinajstić information content (AvgIpc) is 2.80. The zero-order valence-corrected chi connectivity index (χ0v) is 12.0. The van der Waals surface area contributed by atoms with Crippen molar-refractivity contribution in [2.45, 2.75) is 32.7 Å². The maximum Gasteiger partial charge on any atom is 0.147 e. The molecule has 1 unspecified atom stereocenters. The van der Waals surface area contributed by atoms with Gasteiger partial charge in [-0.2, -0.15) is 4.37 Å². The summed E-state index contributed by atoms with van der Waals surface area (Å²) in [6.45, 7) is 4.28. The van der Waals surface area contributed by atoms with Crippen molar-refractivity contribution >= 4 is 11.5 Å². The summed E-state index contributed by atoms with van der Waals surface area (Å²) < 4.78 is 17.1. The minimum atomic E-state index is -0.227. The molecule has 0 aliphatic rings. The van der Waals surface area contributed by atoms with Crippen LogP contribution in [0, 0.1) is 11.7 Å². The van der Waals surface area contributed by atoms with E-state index in [-0.39, 0.29) is 11.9 Å². The summed E-state index contributed by atoms with van der Waals surface area (Å²) >= 11 is 1.36. The first-order chi connectivity index (χ1) is 9.04. The summed E-state index contributed by atoms with van der Waals surface area (Å²) in [6.07, 6.45) is 1.52. The number of nitrogens with two attached hydrogens (primary N) is 1. The maximum atomic E-state index is 12.8. The average molecular weight is 279 g/mol. The number of nitrogens with zero attached hydrogens (tertiary/aromatic N) is 2. The molecule has 102 valence electrons. The standard InChI is InChI=1S/C14H18FN3S/c1-9(2)7-12(16)14-17-13(18-19-14)8-10-3-5-11(15)6-4-10/h3-6,9,12H,7-8,16H2,1-2H3. The highest BCUT2D eigenvalue weighted by Gasteiger charge is 2.14. The van der Waals surface area contributed by atoms with Crippen LogP contribution < -0.4 is 5.73 Å². The van der Waals surface area contributed by atoms with E-state index in [0.717, 1.165) is 22.8 Å². The number of halogens is 1. The van der Waals surface area contributed by atoms with Crippen LogP contribution in [0.4, 0.5) is 4.39 Å². The molecule has 0 aliphatic heterocycles. The van der Waals surface area contributed by atoms with Crippen molar-refractivity contribution in [1.29, 1.82) is 0 Å². The van der Waals surface area contributed by atoms with E-state index in [2.05, 4.69) is 23.2 Å². The molecule has 2 rings (SSSR count). The molecule has 0 bridgehead atoms. The number of aromatic nitrogens is 2. The Morgan fingerprint density at radius 1 is 1.26 bits per heavy atom. The monoisotopic (exact) mass is 279 g/mol. The molecule has 5 heteroatoms. The van der Waals surface area contributed by atoms with Crippen molar-refractivity contribution in [2.75, 3.05) is 0 Å². The lowest BCUT2D eigenvalue weighted by Crippen LogP contribution is -2.12. The van der Waals surface area contributed by atoms with E-state index in [4.69, 9.17) is 5.73 Å². The number of hydrogen-bond donors (Lipinski definition) is 1. The smallest absolute Gasteiger partial charge is 0.147 e. The fraction of sp³-hybridized carbons (Fsp3) is 0.429. The Balaban J connectivity index is 2.02. The minimum Gasteiger partial charge on any atom is -0.322 e. The van der Waals surface area contributed by atoms with Crippen molar-refractivity contribution in [2.24, 2.45) is 11.7 Å². The Morgan fingerprint density at radius 3 is 2.58 bits per heavy atom. The molecule has 0 fully saturated rings. The highest BCUT2D eigenvalue weighted by molar-refractivity contribution is 7.05. The quantitative estimate of drug-likeness (QED) is 0.913. The molecule has 0 saturated heterocycles. The van der Waals surface area contributed by atoms with Crippen LogP contribution in [0.15, 0.2) is 24.3 Å². The number of benzene rings is 1. The highest BCUT2D eigenvalue weighted by atomic mass is 32.1. The lowest BCUT2D eigenvalue weighted by molar-refractivity contribution is 0.508. The lowest BCUT2D eigenvalue weighted by atomic mass is 10.1. The van der Waals surface area contributed by atoms with Gasteiger partial charge in [0.1, 0.15) is 16.6 Å². The third-order valence-electron chi connectivity index (χ3n) is 2.80. The Morgan fingerprint density at radius 2 is 1.95 bits per heavy atom. The molecule has 2 aromatic rings. The first-order valence-corrected chi connectivity index (χ1v) is 7.14. The molecular weight excluding hydrogens is 261 g/mol. The molecule has 0 spiro atoms. The van der Waals surface area contributed by atoms with Crippen LogP contribution in [0.3, 0.4) is 0 Å². The van der Waals surface area contributed by atoms with Crippen LogP contribution in [0.2, 0.25) is 0 Å². The second kappa shape index (κ2) is 6.21. The van der Waals surface area contributed by atoms with Crippen LogP contribution in [-0.4, -0.2) is 9.36 Å². The van der Waals surface area contributed by atoms with Gasteiger partial charge in [0, 0.05) is 6.42 Å². The van der Waals surface area contributed by atoms with E-state index in [1.54, 1.807) is 12.1 Å². The van der Waals surface area contributed by atoms with Gasteiger partial charge in [-0.15, -0.1) is 0 Å². The summed E-state index contributed by atoms with van der Waals surface area (Å²) in [5.41, 5.74) is 7.08. The first kappa shape index (κ1) is 14.1. The maximum absolute atomic E-state index is 12.8. The zero-order valence-electron chi connectivity index (χ0n) is 11.1. The fourth-order valence-electron chi connectivity index (χ4n) is 1.88. The lowest BCUT2D eigenvalue weighted by Gasteiger charge is -2.09. The zero-order chi connectivity index (χ0) is 13.8. The summed E-state index contributed by atoms with van der Waals surface area (Å²) in [5, 5.41) is 0.880. The Bertz CT molecular complexity index is 522. The van der Waals surface area contributed by atoms with E-state index in [0.29, 0.717) is 12.3 Å². The number of hydrogen-bond acceptors (Lipinski definition) is 4. The molecule has 3 nitrogen and oxygen atoms in total. The van der Waals surface area contributed by atoms with Gasteiger partial charge >= 0.3 is 0 Å². The largest absolute Gasteiger partial charge is 0.322 e. The van der Waals surface area contributed by atoms with Gasteiger partial charge in [-0.25, -0.2) is 9.37 Å². The van der Waals surface area contributed by atoms with Gasteiger partial charge in [0.25, 0.3) is 0 Å². The predicted octanol–water partition coefficient (Wildman–Crippen LogP) is 3.31. The molecule has 19 heavy (non-hydrogen) atoms. The van der Waals surface area contributed by atoms with Crippen LogP contribution in [-0.2, 0) is 6.42 Å². The molecule has 0 aliphatic carbocycles. The second-order valence-electron chi connectivity index (χ2n) is 5.09. The summed E-state index contributed by atoms with van der Waals surface area (Å²) in [5.74, 6) is 1.07. The summed E-state index contributed by atoms with van der Waals surface area (Å²) in [4.78, 5) is 4.47. The van der Waals surface area contributed by atoms with Crippen molar-refractivity contribution in [1.82, 2.24) is 9.36 Å². The van der Waals surface area contributed by atoms with E-state index in [1.807, 2.05) is 0 Å². The summed E-state index contributed by atoms with van der Waals surface area (Å²) in [6, 6.07) is 6.37. The van der Waals surface area contributed by atoms with Crippen LogP contribution >= 0.6 is 11.5 Å². The van der Waals surface area contributed by atoms with Gasteiger partial charge in [-0.3, -0.25) is 0 Å². The Hall–Kier alpha value is -1.33. The molecule has 1 atom stereocenters. The molecule has 0 radical (unpaired) electrons. The van der Waals surface area contributed by atoms with Crippen LogP contribution in [0.1, 0.15) is 42.7 Å². The van der Waals surface area contributed by atoms with Gasteiger partial charge < -0.3 is 5.73 Å². The molecule has 1 heterocycles. The first-order valence-electron chi connectivity index (χ1n) is 6.37. The van der Waals surface area contributed by atoms with Crippen molar-refractivity contribution in [3.63, 3.8) is 0 Å². The predicted molar refractivity (Wildman–Crippen MR) is 75.5 cm³/mol. The SMILES string of the molecule is CC(C)CC(N)c1nc(Cc2ccc(F)cc2)ns1. The highest BCUT2D eigenvalue weighted by Crippen LogP contribution is 2.21. The van der Waals surface area contributed by atoms with E-state index < -0.39 is 0 Å². The van der Waals surface area contributed by atoms with Crippen molar-refractivity contribution in [3.05, 3.63) is 46.5 Å². The van der Waals surface area contributed by atoms with E-state index >= 15 is 0 Å². The molecule has 2 N–H and O–H groups in total. The number of rotatable bonds is 5. The third-order valence-corrected chi connectivity index (χ3v) is 3.68. The molecule has 1 aromatic heterocycles. The van der Waals surface area contributed by atoms with Gasteiger partial charge in [-0.1, -0.05) is 26.0 Å². The molecule has 0 amide bonds. The van der Waals surface area contributed by atoms with Gasteiger partial charge in [0.05, 0.1) is 6.04 Å². The van der Waals surface area contributed by atoms with Gasteiger partial charge in [0.2, 0.25) is 0 Å². The Kier molecular flexibility index (Phi) is 4.61. The summed E-state index contributed by atoms with van der Waals surface area (Å²) in [7, 11) is 0. The molecule has 1 aromatic carbocycles. The van der Waals surface area contributed by atoms with Gasteiger partial charge in [0.15, 0.2) is 0 Å². The fourth-order valence-corrected chi connectivity index (χ4v) is 2.57. The van der Waals surface area contributed by atoms with Crippen molar-refractivity contribution in [3.8, 4) is 0 Å². The van der Waals surface area contributed by atoms with Crippen LogP contribution in [0.5, 0.6) is 0 Å². The van der Waals surface area contributed by atoms with Crippen molar-refractivity contribution < 1.29 is 4.39 Å². The minimum absolute atomic E-state index is 0.0422. The topological polar surface area (TPSA) is 51.8 Å². The van der Waals surface area contributed by atoms with E-state index in [9.17, 15) is 4.39 Å². The third kappa shape index (κ3) is 4.08. The molecule has 0 saturated carbocycles.